The molecule has 0 radical (unpaired) electrons. The minimum Gasteiger partial charge on any atom is -0.315 e. The summed E-state index contributed by atoms with van der Waals surface area (Å²) in [6.07, 6.45) is 3.87. The van der Waals surface area contributed by atoms with E-state index in [1.165, 1.54) is 44.5 Å². The van der Waals surface area contributed by atoms with Crippen molar-refractivity contribution in [3.8, 4) is 0 Å². The highest BCUT2D eigenvalue weighted by Crippen LogP contribution is 2.11. The van der Waals surface area contributed by atoms with Crippen LogP contribution in [-0.2, 0) is 6.42 Å². The number of hydrogen-bond donors (Lipinski definition) is 1. The van der Waals surface area contributed by atoms with Crippen LogP contribution in [0.2, 0.25) is 0 Å². The van der Waals surface area contributed by atoms with Crippen LogP contribution in [0.4, 0.5) is 0 Å². The van der Waals surface area contributed by atoms with Crippen molar-refractivity contribution in [3.63, 3.8) is 0 Å². The van der Waals surface area contributed by atoms with Gasteiger partial charge in [0.05, 0.1) is 0 Å². The van der Waals surface area contributed by atoms with Gasteiger partial charge in [0.2, 0.25) is 0 Å². The van der Waals surface area contributed by atoms with E-state index in [2.05, 4.69) is 34.1 Å². The fourth-order valence-corrected chi connectivity index (χ4v) is 2.84. The van der Waals surface area contributed by atoms with Crippen molar-refractivity contribution in [2.75, 3.05) is 26.7 Å². The number of rotatable bonds is 4. The smallest absolute Gasteiger partial charge is 0.0218 e. The highest BCUT2D eigenvalue weighted by molar-refractivity contribution is 7.07. The van der Waals surface area contributed by atoms with Crippen LogP contribution < -0.4 is 5.32 Å². The Morgan fingerprint density at radius 3 is 3.20 bits per heavy atom. The Hall–Kier alpha value is -0.380. The summed E-state index contributed by atoms with van der Waals surface area (Å²) in [5, 5.41) is 7.89. The number of nitrogens with one attached hydrogen (secondary N) is 1. The molecule has 3 heteroatoms. The normalized spacial score (nSPS) is 22.1. The quantitative estimate of drug-likeness (QED) is 0.841. The first-order valence-corrected chi connectivity index (χ1v) is 6.72. The van der Waals surface area contributed by atoms with E-state index in [1.807, 2.05) is 0 Å². The summed E-state index contributed by atoms with van der Waals surface area (Å²) >= 11 is 1.80. The van der Waals surface area contributed by atoms with E-state index in [9.17, 15) is 0 Å². The first-order chi connectivity index (χ1) is 7.36. The predicted octanol–water partition coefficient (Wildman–Crippen LogP) is 1.97. The fourth-order valence-electron chi connectivity index (χ4n) is 2.13. The van der Waals surface area contributed by atoms with Crippen molar-refractivity contribution < 1.29 is 0 Å². The van der Waals surface area contributed by atoms with Crippen molar-refractivity contribution >= 4 is 11.3 Å². The Labute approximate surface area is 96.3 Å². The molecule has 0 spiro atoms. The van der Waals surface area contributed by atoms with Crippen LogP contribution in [0.15, 0.2) is 16.8 Å². The van der Waals surface area contributed by atoms with Crippen LogP contribution >= 0.6 is 11.3 Å². The molecule has 0 saturated carbocycles. The van der Waals surface area contributed by atoms with E-state index in [1.54, 1.807) is 11.3 Å². The van der Waals surface area contributed by atoms with Crippen molar-refractivity contribution in [3.05, 3.63) is 22.4 Å². The third kappa shape index (κ3) is 3.30. The molecule has 15 heavy (non-hydrogen) atoms. The maximum atomic E-state index is 3.47. The lowest BCUT2D eigenvalue weighted by Crippen LogP contribution is -2.44. The summed E-state index contributed by atoms with van der Waals surface area (Å²) in [5.74, 6) is 0. The van der Waals surface area contributed by atoms with Crippen molar-refractivity contribution in [2.24, 2.45) is 0 Å². The molecule has 1 aliphatic heterocycles. The van der Waals surface area contributed by atoms with E-state index in [0.717, 1.165) is 6.04 Å². The molecule has 1 saturated heterocycles. The summed E-state index contributed by atoms with van der Waals surface area (Å²) in [4.78, 5) is 2.50. The van der Waals surface area contributed by atoms with Gasteiger partial charge in [-0.05, 0) is 55.2 Å². The second kappa shape index (κ2) is 5.64. The van der Waals surface area contributed by atoms with Crippen LogP contribution in [0, 0.1) is 0 Å². The maximum Gasteiger partial charge on any atom is 0.0218 e. The zero-order valence-corrected chi connectivity index (χ0v) is 10.2. The minimum absolute atomic E-state index is 0.748. The Balaban J connectivity index is 1.74. The van der Waals surface area contributed by atoms with Crippen LogP contribution in [-0.4, -0.2) is 37.6 Å². The largest absolute Gasteiger partial charge is 0.315 e. The second-order valence-electron chi connectivity index (χ2n) is 4.36. The molecule has 0 aliphatic carbocycles. The minimum atomic E-state index is 0.748. The van der Waals surface area contributed by atoms with Gasteiger partial charge in [0.15, 0.2) is 0 Å². The lowest BCUT2D eigenvalue weighted by Gasteiger charge is -2.31. The standard InChI is InChI=1S/C12H20N2S/c1-14(12-3-2-6-13-9-12)7-4-11-5-8-15-10-11/h5,8,10,12-13H,2-4,6-7,9H2,1H3. The average molecular weight is 224 g/mol. The van der Waals surface area contributed by atoms with E-state index < -0.39 is 0 Å². The number of thiophene rings is 1. The highest BCUT2D eigenvalue weighted by Gasteiger charge is 2.16. The topological polar surface area (TPSA) is 15.3 Å². The molecular weight excluding hydrogens is 204 g/mol. The van der Waals surface area contributed by atoms with Crippen LogP contribution in [0.25, 0.3) is 0 Å². The number of nitrogens with zero attached hydrogens (tertiary/aromatic N) is 1. The van der Waals surface area contributed by atoms with Crippen molar-refractivity contribution in [1.29, 1.82) is 0 Å². The predicted molar refractivity (Wildman–Crippen MR) is 66.5 cm³/mol. The van der Waals surface area contributed by atoms with Gasteiger partial charge in [-0.3, -0.25) is 0 Å². The average Bonchev–Trinajstić information content (AvgIpc) is 2.80. The van der Waals surface area contributed by atoms with E-state index in [4.69, 9.17) is 0 Å². The lowest BCUT2D eigenvalue weighted by molar-refractivity contribution is 0.205. The summed E-state index contributed by atoms with van der Waals surface area (Å²) in [6.45, 7) is 3.55. The van der Waals surface area contributed by atoms with Gasteiger partial charge >= 0.3 is 0 Å². The molecule has 2 heterocycles. The van der Waals surface area contributed by atoms with Gasteiger partial charge < -0.3 is 10.2 Å². The molecular formula is C12H20N2S. The van der Waals surface area contributed by atoms with Gasteiger partial charge in [-0.25, -0.2) is 0 Å². The summed E-state index contributed by atoms with van der Waals surface area (Å²) < 4.78 is 0. The molecule has 1 atom stereocenters. The molecule has 0 bridgehead atoms. The maximum absolute atomic E-state index is 3.47. The Kier molecular flexibility index (Phi) is 4.18. The Bertz CT molecular complexity index is 265. The fraction of sp³-hybridized carbons (Fsp3) is 0.667. The molecule has 2 nitrogen and oxygen atoms in total. The Morgan fingerprint density at radius 2 is 2.53 bits per heavy atom. The van der Waals surface area contributed by atoms with Gasteiger partial charge in [0.25, 0.3) is 0 Å². The second-order valence-corrected chi connectivity index (χ2v) is 5.14. The molecule has 1 fully saturated rings. The summed E-state index contributed by atoms with van der Waals surface area (Å²) in [6, 6.07) is 2.98. The van der Waals surface area contributed by atoms with E-state index >= 15 is 0 Å². The zero-order valence-electron chi connectivity index (χ0n) is 9.41. The first kappa shape index (κ1) is 11.1. The van der Waals surface area contributed by atoms with E-state index in [-0.39, 0.29) is 0 Å². The van der Waals surface area contributed by atoms with Gasteiger partial charge in [0, 0.05) is 19.1 Å². The summed E-state index contributed by atoms with van der Waals surface area (Å²) in [5.41, 5.74) is 1.48. The van der Waals surface area contributed by atoms with Gasteiger partial charge in [-0.2, -0.15) is 11.3 Å². The SMILES string of the molecule is CN(CCc1ccsc1)C1CCCNC1. The third-order valence-electron chi connectivity index (χ3n) is 3.23. The van der Waals surface area contributed by atoms with E-state index in [0.29, 0.717) is 0 Å². The molecule has 1 aromatic heterocycles. The molecule has 2 rings (SSSR count). The van der Waals surface area contributed by atoms with Crippen LogP contribution in [0.5, 0.6) is 0 Å². The number of piperidine rings is 1. The van der Waals surface area contributed by atoms with Crippen LogP contribution in [0.3, 0.4) is 0 Å². The Morgan fingerprint density at radius 1 is 1.60 bits per heavy atom. The van der Waals surface area contributed by atoms with Gasteiger partial charge in [0.1, 0.15) is 0 Å². The number of hydrogen-bond acceptors (Lipinski definition) is 3. The van der Waals surface area contributed by atoms with Gasteiger partial charge in [-0.1, -0.05) is 0 Å². The van der Waals surface area contributed by atoms with Crippen molar-refractivity contribution in [2.45, 2.75) is 25.3 Å². The summed E-state index contributed by atoms with van der Waals surface area (Å²) in [7, 11) is 2.25. The number of likely N-dealkylation sites (N-methyl/N-ethyl adjacent to an activating group) is 1. The first-order valence-electron chi connectivity index (χ1n) is 5.78. The molecule has 0 amide bonds. The van der Waals surface area contributed by atoms with Gasteiger partial charge in [-0.15, -0.1) is 0 Å². The molecule has 0 aromatic carbocycles. The lowest BCUT2D eigenvalue weighted by atomic mass is 10.1. The molecule has 1 unspecified atom stereocenters. The molecule has 1 aliphatic rings. The van der Waals surface area contributed by atoms with Crippen LogP contribution in [0.1, 0.15) is 18.4 Å². The zero-order chi connectivity index (χ0) is 10.5. The molecule has 84 valence electrons. The monoisotopic (exact) mass is 224 g/mol. The highest BCUT2D eigenvalue weighted by atomic mass is 32.1. The molecule has 1 aromatic rings. The van der Waals surface area contributed by atoms with Crippen molar-refractivity contribution in [1.82, 2.24) is 10.2 Å². The third-order valence-corrected chi connectivity index (χ3v) is 3.96. The molecule has 1 N–H and O–H groups in total.